The van der Waals surface area contributed by atoms with Crippen molar-refractivity contribution in [2.24, 2.45) is 0 Å². The van der Waals surface area contributed by atoms with Gasteiger partial charge in [-0.15, -0.1) is 11.3 Å². The Morgan fingerprint density at radius 3 is 2.92 bits per heavy atom. The third-order valence-corrected chi connectivity index (χ3v) is 5.97. The Labute approximate surface area is 151 Å². The van der Waals surface area contributed by atoms with Crippen molar-refractivity contribution in [1.82, 2.24) is 4.98 Å². The second-order valence-corrected chi connectivity index (χ2v) is 7.46. The number of anilines is 2. The summed E-state index contributed by atoms with van der Waals surface area (Å²) in [5.41, 5.74) is 11.3. The van der Waals surface area contributed by atoms with Gasteiger partial charge in [-0.3, -0.25) is 4.79 Å². The van der Waals surface area contributed by atoms with Crippen molar-refractivity contribution in [3.8, 4) is 0 Å². The first-order valence-corrected chi connectivity index (χ1v) is 9.59. The number of thiophene rings is 1. The molecule has 3 N–H and O–H groups in total. The number of nitrogens with two attached hydrogens (primary N) is 1. The summed E-state index contributed by atoms with van der Waals surface area (Å²) < 4.78 is 0. The van der Waals surface area contributed by atoms with Crippen LogP contribution in [0.15, 0.2) is 30.3 Å². The number of carbonyl (C=O) groups is 1. The summed E-state index contributed by atoms with van der Waals surface area (Å²) >= 11 is 1.39. The molecule has 4 nitrogen and oxygen atoms in total. The highest BCUT2D eigenvalue weighted by atomic mass is 32.1. The van der Waals surface area contributed by atoms with E-state index in [-0.39, 0.29) is 5.91 Å². The smallest absolute Gasteiger partial charge is 0.267 e. The average Bonchev–Trinajstić information content (AvgIpc) is 2.96. The van der Waals surface area contributed by atoms with Crippen LogP contribution in [-0.2, 0) is 19.3 Å². The van der Waals surface area contributed by atoms with E-state index in [9.17, 15) is 4.79 Å². The first-order chi connectivity index (χ1) is 12.2. The third-order valence-electron chi connectivity index (χ3n) is 4.85. The van der Waals surface area contributed by atoms with E-state index >= 15 is 0 Å². The van der Waals surface area contributed by atoms with Gasteiger partial charge in [-0.1, -0.05) is 25.1 Å². The fourth-order valence-electron chi connectivity index (χ4n) is 3.46. The summed E-state index contributed by atoms with van der Waals surface area (Å²) in [6.07, 6.45) is 5.33. The van der Waals surface area contributed by atoms with Gasteiger partial charge in [0.2, 0.25) is 0 Å². The number of nitrogens with zero attached hydrogens (tertiary/aromatic N) is 1. The van der Waals surface area contributed by atoms with Gasteiger partial charge in [0.1, 0.15) is 9.71 Å². The molecule has 1 amide bonds. The van der Waals surface area contributed by atoms with E-state index in [1.54, 1.807) is 0 Å². The van der Waals surface area contributed by atoms with Crippen LogP contribution in [0.1, 0.15) is 46.3 Å². The number of aromatic nitrogens is 1. The van der Waals surface area contributed by atoms with Crippen molar-refractivity contribution in [2.45, 2.75) is 39.0 Å². The molecule has 1 aliphatic rings. The fourth-order valence-corrected chi connectivity index (χ4v) is 4.45. The van der Waals surface area contributed by atoms with E-state index in [0.717, 1.165) is 40.7 Å². The second kappa shape index (κ2) is 6.48. The molecule has 0 radical (unpaired) electrons. The van der Waals surface area contributed by atoms with E-state index in [1.165, 1.54) is 35.4 Å². The van der Waals surface area contributed by atoms with E-state index in [4.69, 9.17) is 10.7 Å². The third kappa shape index (κ3) is 2.89. The van der Waals surface area contributed by atoms with Crippen molar-refractivity contribution in [2.75, 3.05) is 11.1 Å². The fraction of sp³-hybridized carbons (Fsp3) is 0.300. The molecule has 128 valence electrons. The lowest BCUT2D eigenvalue weighted by molar-refractivity contribution is 0.103. The molecular formula is C20H21N3OS. The quantitative estimate of drug-likeness (QED) is 0.726. The van der Waals surface area contributed by atoms with Crippen LogP contribution >= 0.6 is 11.3 Å². The zero-order valence-corrected chi connectivity index (χ0v) is 15.1. The van der Waals surface area contributed by atoms with Crippen LogP contribution in [0.2, 0.25) is 0 Å². The van der Waals surface area contributed by atoms with Gasteiger partial charge in [0.15, 0.2) is 0 Å². The molecule has 4 rings (SSSR count). The number of nitrogen functional groups attached to an aromatic ring is 1. The van der Waals surface area contributed by atoms with Crippen LogP contribution in [0.4, 0.5) is 11.4 Å². The van der Waals surface area contributed by atoms with Gasteiger partial charge < -0.3 is 11.1 Å². The highest BCUT2D eigenvalue weighted by Gasteiger charge is 2.20. The maximum absolute atomic E-state index is 12.8. The molecule has 0 atom stereocenters. The van der Waals surface area contributed by atoms with Gasteiger partial charge in [-0.2, -0.15) is 0 Å². The molecule has 25 heavy (non-hydrogen) atoms. The van der Waals surface area contributed by atoms with Crippen LogP contribution in [0.25, 0.3) is 10.2 Å². The molecule has 3 aromatic rings. The van der Waals surface area contributed by atoms with Crippen molar-refractivity contribution in [3.63, 3.8) is 0 Å². The predicted molar refractivity (Wildman–Crippen MR) is 104 cm³/mol. The van der Waals surface area contributed by atoms with E-state index < -0.39 is 0 Å². The molecule has 0 saturated heterocycles. The normalized spacial score (nSPS) is 13.6. The summed E-state index contributed by atoms with van der Waals surface area (Å²) in [5.74, 6) is -0.153. The summed E-state index contributed by atoms with van der Waals surface area (Å²) in [7, 11) is 0. The summed E-state index contributed by atoms with van der Waals surface area (Å²) in [5, 5.41) is 3.93. The largest absolute Gasteiger partial charge is 0.397 e. The first kappa shape index (κ1) is 16.1. The Morgan fingerprint density at radius 1 is 1.28 bits per heavy atom. The number of para-hydroxylation sites is 1. The first-order valence-electron chi connectivity index (χ1n) is 8.77. The minimum Gasteiger partial charge on any atom is -0.397 e. The highest BCUT2D eigenvalue weighted by Crippen LogP contribution is 2.36. The number of fused-ring (bicyclic) bond motifs is 2. The highest BCUT2D eigenvalue weighted by molar-refractivity contribution is 7.21. The standard InChI is InChI=1S/C20H21N3OS/c1-2-12-7-3-5-9-15(12)22-19(24)18-17(21)14-11-13-8-4-6-10-16(13)23-20(14)25-18/h3,5,7,9,11H,2,4,6,8,10,21H2,1H3,(H,22,24). The maximum atomic E-state index is 12.8. The number of pyridine rings is 1. The Balaban J connectivity index is 1.71. The van der Waals surface area contributed by atoms with Gasteiger partial charge in [0.25, 0.3) is 5.91 Å². The van der Waals surface area contributed by atoms with Crippen molar-refractivity contribution in [3.05, 3.63) is 52.0 Å². The second-order valence-electron chi connectivity index (χ2n) is 6.46. The lowest BCUT2D eigenvalue weighted by Crippen LogP contribution is -2.13. The molecule has 5 heteroatoms. The molecule has 0 saturated carbocycles. The zero-order valence-electron chi connectivity index (χ0n) is 14.3. The SMILES string of the molecule is CCc1ccccc1NC(=O)c1sc2nc3c(cc2c1N)CCCC3. The monoisotopic (exact) mass is 351 g/mol. The molecule has 0 bridgehead atoms. The average molecular weight is 351 g/mol. The number of amides is 1. The van der Waals surface area contributed by atoms with E-state index in [2.05, 4.69) is 18.3 Å². The Bertz CT molecular complexity index is 961. The van der Waals surface area contributed by atoms with Crippen molar-refractivity contribution >= 4 is 38.8 Å². The summed E-state index contributed by atoms with van der Waals surface area (Å²) in [4.78, 5) is 19.0. The molecule has 0 fully saturated rings. The van der Waals surface area contributed by atoms with Crippen molar-refractivity contribution in [1.29, 1.82) is 0 Å². The Morgan fingerprint density at radius 2 is 2.08 bits per heavy atom. The molecule has 2 aromatic heterocycles. The van der Waals surface area contributed by atoms with Crippen LogP contribution < -0.4 is 11.1 Å². The number of carbonyl (C=O) groups excluding carboxylic acids is 1. The van der Waals surface area contributed by atoms with Crippen LogP contribution in [0, 0.1) is 0 Å². The number of hydrogen-bond donors (Lipinski definition) is 2. The van der Waals surface area contributed by atoms with Gasteiger partial charge in [0, 0.05) is 16.8 Å². The lowest BCUT2D eigenvalue weighted by atomic mass is 9.95. The molecule has 2 heterocycles. The number of nitrogens with one attached hydrogen (secondary N) is 1. The number of benzene rings is 1. The topological polar surface area (TPSA) is 68.0 Å². The molecule has 0 spiro atoms. The van der Waals surface area contributed by atoms with Crippen LogP contribution in [0.5, 0.6) is 0 Å². The molecule has 1 aromatic carbocycles. The van der Waals surface area contributed by atoms with Gasteiger partial charge in [-0.25, -0.2) is 4.98 Å². The van der Waals surface area contributed by atoms with Crippen molar-refractivity contribution < 1.29 is 4.79 Å². The van der Waals surface area contributed by atoms with Gasteiger partial charge in [0.05, 0.1) is 5.69 Å². The molecule has 1 aliphatic carbocycles. The maximum Gasteiger partial charge on any atom is 0.267 e. The van der Waals surface area contributed by atoms with Gasteiger partial charge in [-0.05, 0) is 55.4 Å². The summed E-state index contributed by atoms with van der Waals surface area (Å²) in [6, 6.07) is 10.0. The minimum atomic E-state index is -0.153. The minimum absolute atomic E-state index is 0.153. The summed E-state index contributed by atoms with van der Waals surface area (Å²) in [6.45, 7) is 2.08. The molecule has 0 unspecified atom stereocenters. The van der Waals surface area contributed by atoms with Crippen LogP contribution in [-0.4, -0.2) is 10.9 Å². The predicted octanol–water partition coefficient (Wildman–Crippen LogP) is 4.57. The van der Waals surface area contributed by atoms with Crippen LogP contribution in [0.3, 0.4) is 0 Å². The lowest BCUT2D eigenvalue weighted by Gasteiger charge is -2.14. The van der Waals surface area contributed by atoms with Gasteiger partial charge >= 0.3 is 0 Å². The number of hydrogen-bond acceptors (Lipinski definition) is 4. The zero-order chi connectivity index (χ0) is 17.4. The Hall–Kier alpha value is -2.40. The number of aryl methyl sites for hydroxylation is 3. The molecular weight excluding hydrogens is 330 g/mol. The van der Waals surface area contributed by atoms with E-state index in [0.29, 0.717) is 10.6 Å². The molecule has 0 aliphatic heterocycles. The Kier molecular flexibility index (Phi) is 4.17. The van der Waals surface area contributed by atoms with E-state index in [1.807, 2.05) is 24.3 Å². The number of rotatable bonds is 3.